The van der Waals surface area contributed by atoms with Gasteiger partial charge in [-0.1, -0.05) is 25.9 Å². The van der Waals surface area contributed by atoms with Crippen molar-refractivity contribution in [1.29, 1.82) is 0 Å². The maximum absolute atomic E-state index is 12.5. The van der Waals surface area contributed by atoms with Crippen LogP contribution in [-0.4, -0.2) is 34.9 Å². The van der Waals surface area contributed by atoms with Crippen LogP contribution in [0.1, 0.15) is 40.5 Å². The maximum Gasteiger partial charge on any atom is 0.236 e. The number of hydrogen-bond donors (Lipinski definition) is 2. The predicted octanol–water partition coefficient (Wildman–Crippen LogP) is 1.65. The molecule has 1 saturated heterocycles. The van der Waals surface area contributed by atoms with Crippen molar-refractivity contribution in [1.82, 2.24) is 4.90 Å². The van der Waals surface area contributed by atoms with Gasteiger partial charge in [-0.3, -0.25) is 4.79 Å². The summed E-state index contributed by atoms with van der Waals surface area (Å²) < 4.78 is 0. The van der Waals surface area contributed by atoms with E-state index in [1.807, 2.05) is 11.8 Å². The SMILES string of the molecule is CCC(C)(C(=O)N1CCC(C(C)C)C1)C(N)=NO. The highest BCUT2D eigenvalue weighted by molar-refractivity contribution is 6.06. The summed E-state index contributed by atoms with van der Waals surface area (Å²) in [5, 5.41) is 11.9. The van der Waals surface area contributed by atoms with E-state index in [-0.39, 0.29) is 11.7 Å². The molecular formula is C13H25N3O2. The molecule has 0 aliphatic carbocycles. The van der Waals surface area contributed by atoms with Gasteiger partial charge in [-0.15, -0.1) is 0 Å². The van der Waals surface area contributed by atoms with Crippen LogP contribution in [0.4, 0.5) is 0 Å². The molecule has 0 aromatic heterocycles. The van der Waals surface area contributed by atoms with Crippen molar-refractivity contribution in [2.75, 3.05) is 13.1 Å². The Morgan fingerprint density at radius 2 is 2.22 bits per heavy atom. The number of carbonyl (C=O) groups excluding carboxylic acids is 1. The van der Waals surface area contributed by atoms with Gasteiger partial charge in [0.05, 0.1) is 0 Å². The Kier molecular flexibility index (Phi) is 4.59. The van der Waals surface area contributed by atoms with Gasteiger partial charge >= 0.3 is 0 Å². The average Bonchev–Trinajstić information content (AvgIpc) is 2.85. The van der Waals surface area contributed by atoms with Gasteiger partial charge in [0.15, 0.2) is 5.84 Å². The third-order valence-electron chi connectivity index (χ3n) is 4.31. The quantitative estimate of drug-likeness (QED) is 0.347. The van der Waals surface area contributed by atoms with Crippen molar-refractivity contribution < 1.29 is 10.0 Å². The van der Waals surface area contributed by atoms with Crippen LogP contribution in [0.5, 0.6) is 0 Å². The highest BCUT2D eigenvalue weighted by Gasteiger charge is 2.41. The molecule has 1 aliphatic heterocycles. The van der Waals surface area contributed by atoms with E-state index in [0.29, 0.717) is 18.3 Å². The lowest BCUT2D eigenvalue weighted by Crippen LogP contribution is -2.48. The summed E-state index contributed by atoms with van der Waals surface area (Å²) in [6, 6.07) is 0. The minimum Gasteiger partial charge on any atom is -0.409 e. The first-order chi connectivity index (χ1) is 8.36. The first-order valence-electron chi connectivity index (χ1n) is 6.64. The van der Waals surface area contributed by atoms with Crippen LogP contribution in [-0.2, 0) is 4.79 Å². The van der Waals surface area contributed by atoms with Crippen LogP contribution >= 0.6 is 0 Å². The van der Waals surface area contributed by atoms with Crippen LogP contribution in [0.3, 0.4) is 0 Å². The predicted molar refractivity (Wildman–Crippen MR) is 71.3 cm³/mol. The zero-order valence-electron chi connectivity index (χ0n) is 11.8. The number of hydrogen-bond acceptors (Lipinski definition) is 3. The molecule has 104 valence electrons. The summed E-state index contributed by atoms with van der Waals surface area (Å²) >= 11 is 0. The normalized spacial score (nSPS) is 24.4. The molecule has 0 spiro atoms. The highest BCUT2D eigenvalue weighted by Crippen LogP contribution is 2.30. The molecular weight excluding hydrogens is 230 g/mol. The van der Waals surface area contributed by atoms with Crippen LogP contribution in [0.2, 0.25) is 0 Å². The zero-order valence-corrected chi connectivity index (χ0v) is 11.8. The molecule has 5 heteroatoms. The van der Waals surface area contributed by atoms with Gasteiger partial charge in [0, 0.05) is 13.1 Å². The lowest BCUT2D eigenvalue weighted by Gasteiger charge is -2.30. The number of carbonyl (C=O) groups is 1. The van der Waals surface area contributed by atoms with Gasteiger partial charge < -0.3 is 15.8 Å². The molecule has 1 aliphatic rings. The second-order valence-corrected chi connectivity index (χ2v) is 5.71. The Balaban J connectivity index is 2.81. The number of rotatable bonds is 4. The Labute approximate surface area is 109 Å². The van der Waals surface area contributed by atoms with Gasteiger partial charge in [-0.25, -0.2) is 0 Å². The lowest BCUT2D eigenvalue weighted by molar-refractivity contribution is -0.137. The topological polar surface area (TPSA) is 78.9 Å². The number of nitrogens with zero attached hydrogens (tertiary/aromatic N) is 2. The van der Waals surface area contributed by atoms with Gasteiger partial charge in [-0.05, 0) is 31.6 Å². The van der Waals surface area contributed by atoms with Crippen LogP contribution < -0.4 is 5.73 Å². The second-order valence-electron chi connectivity index (χ2n) is 5.71. The zero-order chi connectivity index (χ0) is 13.9. The van der Waals surface area contributed by atoms with Crippen molar-refractivity contribution in [3.8, 4) is 0 Å². The summed E-state index contributed by atoms with van der Waals surface area (Å²) in [6.07, 6.45) is 1.57. The van der Waals surface area contributed by atoms with Crippen molar-refractivity contribution in [2.24, 2.45) is 28.1 Å². The van der Waals surface area contributed by atoms with E-state index in [1.165, 1.54) is 0 Å². The summed E-state index contributed by atoms with van der Waals surface area (Å²) in [5.41, 5.74) is 4.79. The number of amides is 1. The summed E-state index contributed by atoms with van der Waals surface area (Å²) in [5.74, 6) is 1.12. The van der Waals surface area contributed by atoms with E-state index in [0.717, 1.165) is 19.5 Å². The van der Waals surface area contributed by atoms with Crippen molar-refractivity contribution in [3.63, 3.8) is 0 Å². The maximum atomic E-state index is 12.5. The van der Waals surface area contributed by atoms with E-state index in [9.17, 15) is 4.79 Å². The molecule has 1 rings (SSSR count). The number of amidine groups is 1. The molecule has 0 radical (unpaired) electrons. The monoisotopic (exact) mass is 255 g/mol. The second kappa shape index (κ2) is 5.59. The Hall–Kier alpha value is -1.26. The van der Waals surface area contributed by atoms with Gasteiger partial charge in [0.1, 0.15) is 5.41 Å². The smallest absolute Gasteiger partial charge is 0.236 e. The fourth-order valence-corrected chi connectivity index (χ4v) is 2.42. The van der Waals surface area contributed by atoms with Gasteiger partial charge in [-0.2, -0.15) is 0 Å². The summed E-state index contributed by atoms with van der Waals surface area (Å²) in [7, 11) is 0. The van der Waals surface area contributed by atoms with E-state index in [1.54, 1.807) is 6.92 Å². The first-order valence-corrected chi connectivity index (χ1v) is 6.64. The Bertz CT molecular complexity index is 341. The van der Waals surface area contributed by atoms with Crippen LogP contribution in [0.25, 0.3) is 0 Å². The third-order valence-corrected chi connectivity index (χ3v) is 4.31. The van der Waals surface area contributed by atoms with E-state index >= 15 is 0 Å². The van der Waals surface area contributed by atoms with Crippen molar-refractivity contribution in [2.45, 2.75) is 40.5 Å². The molecule has 1 fully saturated rings. The number of oxime groups is 1. The molecule has 0 saturated carbocycles. The molecule has 0 bridgehead atoms. The first kappa shape index (κ1) is 14.8. The largest absolute Gasteiger partial charge is 0.409 e. The lowest BCUT2D eigenvalue weighted by atomic mass is 9.84. The standard InChI is InChI=1S/C13H25N3O2/c1-5-13(4,11(14)15-18)12(17)16-7-6-10(8-16)9(2)3/h9-10,18H,5-8H2,1-4H3,(H2,14,15). The molecule has 1 heterocycles. The summed E-state index contributed by atoms with van der Waals surface area (Å²) in [4.78, 5) is 14.4. The molecule has 1 amide bonds. The minimum absolute atomic E-state index is 0.00277. The van der Waals surface area contributed by atoms with E-state index in [4.69, 9.17) is 10.9 Å². The molecule has 18 heavy (non-hydrogen) atoms. The van der Waals surface area contributed by atoms with Crippen molar-refractivity contribution in [3.05, 3.63) is 0 Å². The molecule has 0 aromatic carbocycles. The molecule has 2 atom stereocenters. The molecule has 3 N–H and O–H groups in total. The average molecular weight is 255 g/mol. The Morgan fingerprint density at radius 1 is 1.61 bits per heavy atom. The fourth-order valence-electron chi connectivity index (χ4n) is 2.42. The van der Waals surface area contributed by atoms with Crippen molar-refractivity contribution >= 4 is 11.7 Å². The van der Waals surface area contributed by atoms with Gasteiger partial charge in [0.25, 0.3) is 0 Å². The van der Waals surface area contributed by atoms with Crippen LogP contribution in [0, 0.1) is 17.3 Å². The molecule has 0 aromatic rings. The van der Waals surface area contributed by atoms with Crippen LogP contribution in [0.15, 0.2) is 5.16 Å². The molecule has 2 unspecified atom stereocenters. The van der Waals surface area contributed by atoms with E-state index in [2.05, 4.69) is 19.0 Å². The van der Waals surface area contributed by atoms with Gasteiger partial charge in [0.2, 0.25) is 5.91 Å². The molecule has 5 nitrogen and oxygen atoms in total. The van der Waals surface area contributed by atoms with E-state index < -0.39 is 5.41 Å². The Morgan fingerprint density at radius 3 is 2.61 bits per heavy atom. The third kappa shape index (κ3) is 2.60. The minimum atomic E-state index is -0.888. The highest BCUT2D eigenvalue weighted by atomic mass is 16.4. The fraction of sp³-hybridized carbons (Fsp3) is 0.846. The number of likely N-dealkylation sites (tertiary alicyclic amines) is 1. The number of nitrogens with two attached hydrogens (primary N) is 1. The summed E-state index contributed by atoms with van der Waals surface area (Å²) in [6.45, 7) is 9.54.